The van der Waals surface area contributed by atoms with Gasteiger partial charge in [-0.05, 0) is 30.7 Å². The fourth-order valence-electron chi connectivity index (χ4n) is 2.84. The minimum absolute atomic E-state index is 0.0163. The number of nitrogens with zero attached hydrogens (tertiary/aromatic N) is 1. The number of aromatic amines is 1. The molecule has 0 saturated heterocycles. The summed E-state index contributed by atoms with van der Waals surface area (Å²) in [5, 5.41) is 9.25. The standard InChI is InChI=1S/C21H18F3N3O2/c1-2-4-18(28)14-5-3-6-16(11-14)26-20(29)17-12-25-27-19(17)13-7-9-15(10-8-13)21(22,23)24/h3,5-12H,2,4H2,1H3,(H,25,27)(H,26,29). The quantitative estimate of drug-likeness (QED) is 0.548. The van der Waals surface area contributed by atoms with Crippen LogP contribution < -0.4 is 5.32 Å². The van der Waals surface area contributed by atoms with Crippen molar-refractivity contribution >= 4 is 17.4 Å². The summed E-state index contributed by atoms with van der Waals surface area (Å²) < 4.78 is 38.2. The minimum Gasteiger partial charge on any atom is -0.322 e. The van der Waals surface area contributed by atoms with Gasteiger partial charge in [0.25, 0.3) is 5.91 Å². The van der Waals surface area contributed by atoms with E-state index in [1.165, 1.54) is 18.3 Å². The number of anilines is 1. The fraction of sp³-hybridized carbons (Fsp3) is 0.190. The zero-order valence-corrected chi connectivity index (χ0v) is 15.5. The number of aromatic nitrogens is 2. The van der Waals surface area contributed by atoms with Crippen molar-refractivity contribution in [1.29, 1.82) is 0 Å². The average Bonchev–Trinajstić information content (AvgIpc) is 3.18. The van der Waals surface area contributed by atoms with Gasteiger partial charge in [-0.1, -0.05) is 31.2 Å². The van der Waals surface area contributed by atoms with Crippen LogP contribution in [0.25, 0.3) is 11.3 Å². The molecule has 0 fully saturated rings. The Morgan fingerprint density at radius 1 is 1.10 bits per heavy atom. The van der Waals surface area contributed by atoms with Crippen LogP contribution in [0.2, 0.25) is 0 Å². The van der Waals surface area contributed by atoms with E-state index in [2.05, 4.69) is 15.5 Å². The first-order valence-corrected chi connectivity index (χ1v) is 8.95. The number of H-pyrrole nitrogens is 1. The third kappa shape index (κ3) is 4.71. The molecule has 2 aromatic carbocycles. The Morgan fingerprint density at radius 2 is 1.83 bits per heavy atom. The van der Waals surface area contributed by atoms with Gasteiger partial charge in [-0.15, -0.1) is 0 Å². The number of halogens is 3. The minimum atomic E-state index is -4.44. The molecule has 0 saturated carbocycles. The van der Waals surface area contributed by atoms with E-state index in [0.29, 0.717) is 23.2 Å². The second-order valence-electron chi connectivity index (χ2n) is 6.43. The Bertz CT molecular complexity index is 1020. The molecule has 0 atom stereocenters. The second-order valence-corrected chi connectivity index (χ2v) is 6.43. The normalized spacial score (nSPS) is 11.3. The van der Waals surface area contributed by atoms with Crippen LogP contribution in [-0.2, 0) is 6.18 Å². The highest BCUT2D eigenvalue weighted by Crippen LogP contribution is 2.31. The number of benzene rings is 2. The molecule has 150 valence electrons. The molecule has 1 amide bonds. The molecule has 0 spiro atoms. The van der Waals surface area contributed by atoms with Crippen molar-refractivity contribution in [3.63, 3.8) is 0 Å². The maximum absolute atomic E-state index is 12.7. The van der Waals surface area contributed by atoms with Crippen LogP contribution in [0.1, 0.15) is 46.0 Å². The van der Waals surface area contributed by atoms with Gasteiger partial charge in [-0.3, -0.25) is 14.7 Å². The lowest BCUT2D eigenvalue weighted by Gasteiger charge is -2.09. The summed E-state index contributed by atoms with van der Waals surface area (Å²) in [6.07, 6.45) is -1.93. The van der Waals surface area contributed by atoms with Crippen molar-refractivity contribution in [2.45, 2.75) is 25.9 Å². The first-order chi connectivity index (χ1) is 13.8. The maximum atomic E-state index is 12.7. The lowest BCUT2D eigenvalue weighted by Crippen LogP contribution is -2.13. The number of alkyl halides is 3. The van der Waals surface area contributed by atoms with Crippen molar-refractivity contribution in [3.8, 4) is 11.3 Å². The summed E-state index contributed by atoms with van der Waals surface area (Å²) in [6.45, 7) is 1.91. The smallest absolute Gasteiger partial charge is 0.322 e. The van der Waals surface area contributed by atoms with Crippen molar-refractivity contribution in [1.82, 2.24) is 10.2 Å². The van der Waals surface area contributed by atoms with Crippen LogP contribution in [0.5, 0.6) is 0 Å². The summed E-state index contributed by atoms with van der Waals surface area (Å²) in [6, 6.07) is 11.0. The van der Waals surface area contributed by atoms with Crippen molar-refractivity contribution < 1.29 is 22.8 Å². The lowest BCUT2D eigenvalue weighted by atomic mass is 10.0. The molecule has 3 rings (SSSR count). The van der Waals surface area contributed by atoms with Crippen molar-refractivity contribution in [2.75, 3.05) is 5.32 Å². The number of amides is 1. The van der Waals surface area contributed by atoms with Crippen LogP contribution in [0.3, 0.4) is 0 Å². The third-order valence-corrected chi connectivity index (χ3v) is 4.29. The highest BCUT2D eigenvalue weighted by Gasteiger charge is 2.30. The highest BCUT2D eigenvalue weighted by atomic mass is 19.4. The monoisotopic (exact) mass is 401 g/mol. The molecular formula is C21H18F3N3O2. The predicted molar refractivity (Wildman–Crippen MR) is 103 cm³/mol. The molecule has 0 radical (unpaired) electrons. The number of carbonyl (C=O) groups excluding carboxylic acids is 2. The predicted octanol–water partition coefficient (Wildman–Crippen LogP) is 5.33. The topological polar surface area (TPSA) is 74.8 Å². The Morgan fingerprint density at radius 3 is 2.48 bits per heavy atom. The molecule has 0 aliphatic heterocycles. The first-order valence-electron chi connectivity index (χ1n) is 8.95. The van der Waals surface area contributed by atoms with E-state index in [1.54, 1.807) is 24.3 Å². The first kappa shape index (κ1) is 20.3. The van der Waals surface area contributed by atoms with E-state index < -0.39 is 17.6 Å². The van der Waals surface area contributed by atoms with Crippen LogP contribution in [0.15, 0.2) is 54.7 Å². The van der Waals surface area contributed by atoms with Gasteiger partial charge in [-0.25, -0.2) is 0 Å². The number of Topliss-reactive ketones (excluding diaryl/α,β-unsaturated/α-hetero) is 1. The largest absolute Gasteiger partial charge is 0.416 e. The number of ketones is 1. The molecule has 0 unspecified atom stereocenters. The van der Waals surface area contributed by atoms with Crippen LogP contribution in [0, 0.1) is 0 Å². The molecule has 0 aliphatic carbocycles. The van der Waals surface area contributed by atoms with E-state index in [4.69, 9.17) is 0 Å². The molecule has 0 bridgehead atoms. The SMILES string of the molecule is CCCC(=O)c1cccc(NC(=O)c2c[nH]nc2-c2ccc(C(F)(F)F)cc2)c1. The zero-order chi connectivity index (χ0) is 21.0. The Kier molecular flexibility index (Phi) is 5.81. The highest BCUT2D eigenvalue weighted by molar-refractivity contribution is 6.08. The van der Waals surface area contributed by atoms with Crippen molar-refractivity contribution in [2.24, 2.45) is 0 Å². The fourth-order valence-corrected chi connectivity index (χ4v) is 2.84. The van der Waals surface area contributed by atoms with Gasteiger partial charge >= 0.3 is 6.18 Å². The van der Waals surface area contributed by atoms with E-state index >= 15 is 0 Å². The molecular weight excluding hydrogens is 383 g/mol. The van der Waals surface area contributed by atoms with E-state index in [-0.39, 0.29) is 17.0 Å². The Balaban J connectivity index is 1.81. The van der Waals surface area contributed by atoms with Gasteiger partial charge in [0.15, 0.2) is 5.78 Å². The molecule has 5 nitrogen and oxygen atoms in total. The molecule has 8 heteroatoms. The molecule has 29 heavy (non-hydrogen) atoms. The van der Waals surface area contributed by atoms with Gasteiger partial charge in [0.05, 0.1) is 11.1 Å². The Hall–Kier alpha value is -3.42. The summed E-state index contributed by atoms with van der Waals surface area (Å²) >= 11 is 0. The van der Waals surface area contributed by atoms with Gasteiger partial charge < -0.3 is 5.32 Å². The number of hydrogen-bond donors (Lipinski definition) is 2. The second kappa shape index (κ2) is 8.30. The summed E-state index contributed by atoms with van der Waals surface area (Å²) in [7, 11) is 0. The summed E-state index contributed by atoms with van der Waals surface area (Å²) in [5.74, 6) is -0.508. The zero-order valence-electron chi connectivity index (χ0n) is 15.5. The average molecular weight is 401 g/mol. The van der Waals surface area contributed by atoms with E-state index in [9.17, 15) is 22.8 Å². The lowest BCUT2D eigenvalue weighted by molar-refractivity contribution is -0.137. The number of hydrogen-bond acceptors (Lipinski definition) is 3. The van der Waals surface area contributed by atoms with Crippen molar-refractivity contribution in [3.05, 3.63) is 71.4 Å². The van der Waals surface area contributed by atoms with Gasteiger partial charge in [0, 0.05) is 29.4 Å². The van der Waals surface area contributed by atoms with Crippen LogP contribution >= 0.6 is 0 Å². The maximum Gasteiger partial charge on any atom is 0.416 e. The number of carbonyl (C=O) groups is 2. The number of nitrogens with one attached hydrogen (secondary N) is 2. The van der Waals surface area contributed by atoms with Gasteiger partial charge in [-0.2, -0.15) is 18.3 Å². The van der Waals surface area contributed by atoms with Crippen LogP contribution in [-0.4, -0.2) is 21.9 Å². The third-order valence-electron chi connectivity index (χ3n) is 4.29. The van der Waals surface area contributed by atoms with E-state index in [0.717, 1.165) is 18.6 Å². The molecule has 1 aromatic heterocycles. The van der Waals surface area contributed by atoms with Gasteiger partial charge in [0.1, 0.15) is 5.69 Å². The Labute approximate surface area is 165 Å². The molecule has 2 N–H and O–H groups in total. The van der Waals surface area contributed by atoms with E-state index in [1.807, 2.05) is 6.92 Å². The summed E-state index contributed by atoms with van der Waals surface area (Å²) in [5.41, 5.74) is 0.938. The molecule has 1 heterocycles. The molecule has 3 aromatic rings. The van der Waals surface area contributed by atoms with Crippen LogP contribution in [0.4, 0.5) is 18.9 Å². The molecule has 0 aliphatic rings. The number of rotatable bonds is 6. The van der Waals surface area contributed by atoms with Gasteiger partial charge in [0.2, 0.25) is 0 Å². The summed E-state index contributed by atoms with van der Waals surface area (Å²) in [4.78, 5) is 24.7.